The topological polar surface area (TPSA) is 52.0 Å². The van der Waals surface area contributed by atoms with Gasteiger partial charge in [-0.05, 0) is 12.1 Å². The third kappa shape index (κ3) is 2.05. The van der Waals surface area contributed by atoms with Gasteiger partial charge in [0.25, 0.3) is 0 Å². The molecule has 0 saturated carbocycles. The van der Waals surface area contributed by atoms with Crippen LogP contribution in [-0.4, -0.2) is 11.5 Å². The lowest BCUT2D eigenvalue weighted by atomic mass is 10.1. The second-order valence-corrected chi connectivity index (χ2v) is 3.15. The fraction of sp³-hybridized carbons (Fsp3) is 0.182. The number of aromatic nitrogens is 1. The van der Waals surface area contributed by atoms with E-state index >= 15 is 0 Å². The van der Waals surface area contributed by atoms with Crippen LogP contribution in [0.5, 0.6) is 0 Å². The molecule has 2 N–H and O–H groups in total. The van der Waals surface area contributed by atoms with Gasteiger partial charge in [-0.2, -0.15) is 0 Å². The average molecular weight is 206 g/mol. The molecule has 0 bridgehead atoms. The van der Waals surface area contributed by atoms with Crippen molar-refractivity contribution >= 4 is 0 Å². The van der Waals surface area contributed by atoms with Crippen molar-refractivity contribution in [3.8, 4) is 11.3 Å². The Balaban J connectivity index is 2.33. The monoisotopic (exact) mass is 206 g/mol. The zero-order chi connectivity index (χ0) is 10.7. The molecule has 0 atom stereocenters. The van der Waals surface area contributed by atoms with Crippen molar-refractivity contribution in [1.29, 1.82) is 0 Å². The first-order chi connectivity index (χ1) is 7.31. The first kappa shape index (κ1) is 9.86. The first-order valence-corrected chi connectivity index (χ1v) is 4.70. The quantitative estimate of drug-likeness (QED) is 0.835. The van der Waals surface area contributed by atoms with Gasteiger partial charge in [0, 0.05) is 18.5 Å². The summed E-state index contributed by atoms with van der Waals surface area (Å²) in [5.41, 5.74) is 6.32. The van der Waals surface area contributed by atoms with Crippen LogP contribution >= 0.6 is 0 Å². The van der Waals surface area contributed by atoms with Crippen molar-refractivity contribution in [2.24, 2.45) is 5.73 Å². The zero-order valence-corrected chi connectivity index (χ0v) is 8.11. The van der Waals surface area contributed by atoms with Crippen LogP contribution in [0.3, 0.4) is 0 Å². The summed E-state index contributed by atoms with van der Waals surface area (Å²) in [6, 6.07) is 6.46. The predicted octanol–water partition coefficient (Wildman–Crippen LogP) is 1.98. The van der Waals surface area contributed by atoms with Crippen LogP contribution in [0.1, 0.15) is 5.89 Å². The molecule has 0 aliphatic rings. The van der Waals surface area contributed by atoms with Gasteiger partial charge in [0.2, 0.25) is 0 Å². The molecular formula is C11H11FN2O. The molecule has 0 spiro atoms. The number of nitrogens with zero attached hydrogens (tertiary/aromatic N) is 1. The van der Waals surface area contributed by atoms with Crippen molar-refractivity contribution in [2.45, 2.75) is 6.42 Å². The molecule has 0 saturated heterocycles. The Kier molecular flexibility index (Phi) is 2.78. The number of rotatable bonds is 3. The summed E-state index contributed by atoms with van der Waals surface area (Å²) in [5, 5.41) is 0. The predicted molar refractivity (Wildman–Crippen MR) is 54.7 cm³/mol. The van der Waals surface area contributed by atoms with Crippen molar-refractivity contribution in [2.75, 3.05) is 6.54 Å². The molecule has 1 heterocycles. The van der Waals surface area contributed by atoms with E-state index < -0.39 is 0 Å². The second-order valence-electron chi connectivity index (χ2n) is 3.15. The highest BCUT2D eigenvalue weighted by atomic mass is 19.1. The van der Waals surface area contributed by atoms with Crippen LogP contribution in [0, 0.1) is 5.82 Å². The summed E-state index contributed by atoms with van der Waals surface area (Å²) in [7, 11) is 0. The largest absolute Gasteiger partial charge is 0.448 e. The molecule has 0 aliphatic heterocycles. The number of hydrogen-bond donors (Lipinski definition) is 1. The minimum Gasteiger partial charge on any atom is -0.448 e. The molecule has 3 nitrogen and oxygen atoms in total. The first-order valence-electron chi connectivity index (χ1n) is 4.70. The molecule has 2 aromatic rings. The van der Waals surface area contributed by atoms with Gasteiger partial charge in [0.05, 0.1) is 0 Å². The van der Waals surface area contributed by atoms with E-state index in [0.717, 1.165) is 0 Å². The fourth-order valence-electron chi connectivity index (χ4n) is 1.34. The number of oxazole rings is 1. The highest BCUT2D eigenvalue weighted by Crippen LogP contribution is 2.21. The van der Waals surface area contributed by atoms with E-state index in [1.165, 1.54) is 12.3 Å². The number of hydrogen-bond acceptors (Lipinski definition) is 3. The highest BCUT2D eigenvalue weighted by Gasteiger charge is 2.09. The van der Waals surface area contributed by atoms with E-state index in [1.54, 1.807) is 18.2 Å². The molecule has 0 aliphatic carbocycles. The van der Waals surface area contributed by atoms with Gasteiger partial charge in [-0.3, -0.25) is 0 Å². The standard InChI is InChI=1S/C11H11FN2O/c12-9-4-2-1-3-8(9)10-7-15-11(14-10)5-6-13/h1-4,7H,5-6,13H2. The van der Waals surface area contributed by atoms with E-state index in [9.17, 15) is 4.39 Å². The Morgan fingerprint density at radius 3 is 2.87 bits per heavy atom. The fourth-order valence-corrected chi connectivity index (χ4v) is 1.34. The number of halogens is 1. The molecule has 0 radical (unpaired) electrons. The number of nitrogens with two attached hydrogens (primary N) is 1. The summed E-state index contributed by atoms with van der Waals surface area (Å²) in [6.07, 6.45) is 2.01. The van der Waals surface area contributed by atoms with Crippen LogP contribution < -0.4 is 5.73 Å². The molecule has 0 amide bonds. The van der Waals surface area contributed by atoms with Crippen LogP contribution in [0.2, 0.25) is 0 Å². The lowest BCUT2D eigenvalue weighted by Crippen LogP contribution is -2.02. The zero-order valence-electron chi connectivity index (χ0n) is 8.11. The van der Waals surface area contributed by atoms with Crippen LogP contribution in [0.15, 0.2) is 34.9 Å². The minimum atomic E-state index is -0.301. The summed E-state index contributed by atoms with van der Waals surface area (Å²) in [4.78, 5) is 4.14. The van der Waals surface area contributed by atoms with Crippen LogP contribution in [0.25, 0.3) is 11.3 Å². The van der Waals surface area contributed by atoms with Crippen molar-refractivity contribution in [3.05, 3.63) is 42.2 Å². The van der Waals surface area contributed by atoms with Crippen molar-refractivity contribution in [1.82, 2.24) is 4.98 Å². The maximum atomic E-state index is 13.4. The van der Waals surface area contributed by atoms with Gasteiger partial charge in [0.15, 0.2) is 5.89 Å². The van der Waals surface area contributed by atoms with Crippen LogP contribution in [-0.2, 0) is 6.42 Å². The number of benzene rings is 1. The Hall–Kier alpha value is -1.68. The average Bonchev–Trinajstić information content (AvgIpc) is 2.68. The molecule has 2 rings (SSSR count). The summed E-state index contributed by atoms with van der Waals surface area (Å²) >= 11 is 0. The molecule has 4 heteroatoms. The molecule has 78 valence electrons. The molecule has 15 heavy (non-hydrogen) atoms. The van der Waals surface area contributed by atoms with Gasteiger partial charge in [0.1, 0.15) is 17.8 Å². The van der Waals surface area contributed by atoms with E-state index in [1.807, 2.05) is 0 Å². The minimum absolute atomic E-state index is 0.301. The maximum Gasteiger partial charge on any atom is 0.195 e. The SMILES string of the molecule is NCCc1nc(-c2ccccc2F)co1. The Morgan fingerprint density at radius 1 is 1.33 bits per heavy atom. The third-order valence-electron chi connectivity index (χ3n) is 2.06. The van der Waals surface area contributed by atoms with Gasteiger partial charge in [-0.15, -0.1) is 0 Å². The maximum absolute atomic E-state index is 13.4. The smallest absolute Gasteiger partial charge is 0.195 e. The lowest BCUT2D eigenvalue weighted by molar-refractivity contribution is 0.496. The van der Waals surface area contributed by atoms with E-state index in [4.69, 9.17) is 10.2 Å². The van der Waals surface area contributed by atoms with Crippen molar-refractivity contribution < 1.29 is 8.81 Å². The van der Waals surface area contributed by atoms with Gasteiger partial charge in [-0.1, -0.05) is 12.1 Å². The van der Waals surface area contributed by atoms with Crippen molar-refractivity contribution in [3.63, 3.8) is 0 Å². The normalized spacial score (nSPS) is 10.5. The van der Waals surface area contributed by atoms with Crippen LogP contribution in [0.4, 0.5) is 4.39 Å². The molecular weight excluding hydrogens is 195 g/mol. The molecule has 1 aromatic heterocycles. The Labute approximate surface area is 86.7 Å². The van der Waals surface area contributed by atoms with Gasteiger partial charge >= 0.3 is 0 Å². The van der Waals surface area contributed by atoms with E-state index in [2.05, 4.69) is 4.98 Å². The molecule has 0 unspecified atom stereocenters. The highest BCUT2D eigenvalue weighted by molar-refractivity contribution is 5.58. The molecule has 1 aromatic carbocycles. The second kappa shape index (κ2) is 4.23. The summed E-state index contributed by atoms with van der Waals surface area (Å²) in [5.74, 6) is 0.237. The van der Waals surface area contributed by atoms with E-state index in [-0.39, 0.29) is 5.82 Å². The summed E-state index contributed by atoms with van der Waals surface area (Å²) in [6.45, 7) is 0.469. The van der Waals surface area contributed by atoms with Gasteiger partial charge in [-0.25, -0.2) is 9.37 Å². The third-order valence-corrected chi connectivity index (χ3v) is 2.06. The Bertz CT molecular complexity index is 453. The molecule has 0 fully saturated rings. The van der Waals surface area contributed by atoms with E-state index in [0.29, 0.717) is 30.1 Å². The van der Waals surface area contributed by atoms with Gasteiger partial charge < -0.3 is 10.2 Å². The lowest BCUT2D eigenvalue weighted by Gasteiger charge is -1.96. The summed E-state index contributed by atoms with van der Waals surface area (Å²) < 4.78 is 18.5. The Morgan fingerprint density at radius 2 is 2.13 bits per heavy atom.